The largest absolute Gasteiger partial charge is 0.367 e. The van der Waals surface area contributed by atoms with E-state index in [2.05, 4.69) is 9.99 Å². The Balaban J connectivity index is 4.61. The molecule has 0 aromatic heterocycles. The summed E-state index contributed by atoms with van der Waals surface area (Å²) in [4.78, 5) is 16.2. The number of guanidine groups is 1. The third-order valence-corrected chi connectivity index (χ3v) is 2.62. The molecule has 82 valence electrons. The van der Waals surface area contributed by atoms with Crippen LogP contribution in [-0.2, 0) is 9.63 Å². The van der Waals surface area contributed by atoms with Gasteiger partial charge in [-0.15, -0.1) is 0 Å². The maximum Gasteiger partial charge on any atom is 0.341 e. The van der Waals surface area contributed by atoms with Crippen molar-refractivity contribution < 1.29 is 9.63 Å². The van der Waals surface area contributed by atoms with Crippen LogP contribution in [0.2, 0.25) is 0 Å². The summed E-state index contributed by atoms with van der Waals surface area (Å²) in [5, 5.41) is 3.23. The van der Waals surface area contributed by atoms with Crippen LogP contribution < -0.4 is 11.5 Å². The Bertz CT molecular complexity index is 247. The molecule has 0 aliphatic carbocycles. The lowest BCUT2D eigenvalue weighted by Gasteiger charge is -2.34. The van der Waals surface area contributed by atoms with Gasteiger partial charge < -0.3 is 16.3 Å². The van der Waals surface area contributed by atoms with E-state index in [1.165, 1.54) is 0 Å². The highest BCUT2D eigenvalue weighted by atomic mass is 16.7. The summed E-state index contributed by atoms with van der Waals surface area (Å²) >= 11 is 0. The van der Waals surface area contributed by atoms with E-state index in [4.69, 9.17) is 11.5 Å². The van der Waals surface area contributed by atoms with Crippen molar-refractivity contribution in [1.82, 2.24) is 0 Å². The van der Waals surface area contributed by atoms with Crippen molar-refractivity contribution in [3.05, 3.63) is 0 Å². The summed E-state index contributed by atoms with van der Waals surface area (Å²) < 4.78 is 0. The maximum absolute atomic E-state index is 11.6. The van der Waals surface area contributed by atoms with Crippen LogP contribution in [0.15, 0.2) is 5.16 Å². The van der Waals surface area contributed by atoms with Gasteiger partial charge in [-0.25, -0.2) is 4.79 Å². The number of rotatable bonds is 2. The molecule has 0 bridgehead atoms. The molecule has 14 heavy (non-hydrogen) atoms. The van der Waals surface area contributed by atoms with Gasteiger partial charge in [-0.1, -0.05) is 20.8 Å². The molecule has 0 atom stereocenters. The van der Waals surface area contributed by atoms with Gasteiger partial charge in [0.05, 0.1) is 5.41 Å². The fourth-order valence-corrected chi connectivity index (χ4v) is 0.514. The zero-order valence-corrected chi connectivity index (χ0v) is 9.42. The third-order valence-electron chi connectivity index (χ3n) is 2.62. The number of nitrogens with zero attached hydrogens (tertiary/aromatic N) is 1. The minimum Gasteiger partial charge on any atom is -0.367 e. The van der Waals surface area contributed by atoms with Crippen molar-refractivity contribution in [2.45, 2.75) is 34.6 Å². The van der Waals surface area contributed by atoms with E-state index in [1.807, 2.05) is 20.8 Å². The third kappa shape index (κ3) is 2.90. The second-order valence-electron chi connectivity index (χ2n) is 4.77. The molecule has 0 spiro atoms. The summed E-state index contributed by atoms with van der Waals surface area (Å²) in [5.41, 5.74) is 9.22. The molecule has 0 aromatic rings. The standard InChI is InChI=1S/C9H19N3O2/c1-8(2,3)9(4,5)6(13)14-12-7(10)11/h1-5H3,(H4,10,11,12). The molecular weight excluding hydrogens is 182 g/mol. The quantitative estimate of drug-likeness (QED) is 0.299. The van der Waals surface area contributed by atoms with Crippen molar-refractivity contribution in [2.75, 3.05) is 0 Å². The molecule has 0 aliphatic heterocycles. The molecule has 5 heteroatoms. The molecule has 0 radical (unpaired) electrons. The van der Waals surface area contributed by atoms with Crippen molar-refractivity contribution in [3.8, 4) is 0 Å². The second kappa shape index (κ2) is 3.86. The summed E-state index contributed by atoms with van der Waals surface area (Å²) in [6, 6.07) is 0. The van der Waals surface area contributed by atoms with Crippen LogP contribution >= 0.6 is 0 Å². The molecular formula is C9H19N3O2. The average Bonchev–Trinajstić information content (AvgIpc) is 1.97. The topological polar surface area (TPSA) is 90.7 Å². The van der Waals surface area contributed by atoms with Crippen LogP contribution in [-0.4, -0.2) is 11.9 Å². The van der Waals surface area contributed by atoms with Crippen molar-refractivity contribution >= 4 is 11.9 Å². The van der Waals surface area contributed by atoms with Crippen LogP contribution in [0.1, 0.15) is 34.6 Å². The fraction of sp³-hybridized carbons (Fsp3) is 0.778. The first kappa shape index (κ1) is 12.7. The Morgan fingerprint density at radius 2 is 1.57 bits per heavy atom. The van der Waals surface area contributed by atoms with Gasteiger partial charge in [0, 0.05) is 0 Å². The average molecular weight is 201 g/mol. The first-order chi connectivity index (χ1) is 6.09. The highest BCUT2D eigenvalue weighted by Gasteiger charge is 2.41. The lowest BCUT2D eigenvalue weighted by Crippen LogP contribution is -2.38. The maximum atomic E-state index is 11.6. The van der Waals surface area contributed by atoms with Gasteiger partial charge in [0.25, 0.3) is 0 Å². The van der Waals surface area contributed by atoms with Crippen LogP contribution in [0.5, 0.6) is 0 Å². The Morgan fingerprint density at radius 1 is 1.14 bits per heavy atom. The van der Waals surface area contributed by atoms with Gasteiger partial charge in [0.15, 0.2) is 0 Å². The molecule has 0 unspecified atom stereocenters. The molecule has 0 rings (SSSR count). The predicted molar refractivity (Wildman–Crippen MR) is 55.1 cm³/mol. The monoisotopic (exact) mass is 201 g/mol. The van der Waals surface area contributed by atoms with E-state index in [1.54, 1.807) is 13.8 Å². The molecule has 0 aliphatic rings. The van der Waals surface area contributed by atoms with Gasteiger partial charge in [0.1, 0.15) is 0 Å². The van der Waals surface area contributed by atoms with Gasteiger partial charge in [-0.2, -0.15) is 0 Å². The normalized spacial score (nSPS) is 12.1. The van der Waals surface area contributed by atoms with Crippen LogP contribution in [0.4, 0.5) is 0 Å². The summed E-state index contributed by atoms with van der Waals surface area (Å²) in [5.74, 6) is -0.707. The highest BCUT2D eigenvalue weighted by molar-refractivity contribution is 5.79. The number of hydrogen-bond donors (Lipinski definition) is 2. The molecule has 0 aromatic carbocycles. The highest BCUT2D eigenvalue weighted by Crippen LogP contribution is 2.38. The first-order valence-corrected chi connectivity index (χ1v) is 4.39. The van der Waals surface area contributed by atoms with Crippen molar-refractivity contribution in [1.29, 1.82) is 0 Å². The zero-order valence-electron chi connectivity index (χ0n) is 9.42. The number of oxime groups is 1. The number of nitrogens with two attached hydrogens (primary N) is 2. The number of carbonyl (C=O) groups is 1. The molecule has 0 heterocycles. The van der Waals surface area contributed by atoms with Crippen molar-refractivity contribution in [2.24, 2.45) is 27.5 Å². The van der Waals surface area contributed by atoms with Gasteiger partial charge >= 0.3 is 5.97 Å². The minimum absolute atomic E-state index is 0.219. The summed E-state index contributed by atoms with van der Waals surface area (Å²) in [6.07, 6.45) is 0. The van der Waals surface area contributed by atoms with E-state index >= 15 is 0 Å². The molecule has 0 fully saturated rings. The van der Waals surface area contributed by atoms with Crippen LogP contribution in [0, 0.1) is 10.8 Å². The van der Waals surface area contributed by atoms with E-state index in [9.17, 15) is 4.79 Å². The van der Waals surface area contributed by atoms with Crippen LogP contribution in [0.25, 0.3) is 0 Å². The molecule has 0 saturated carbocycles. The number of hydrogen-bond acceptors (Lipinski definition) is 3. The van der Waals surface area contributed by atoms with E-state index < -0.39 is 11.4 Å². The van der Waals surface area contributed by atoms with E-state index in [0.717, 1.165) is 0 Å². The second-order valence-corrected chi connectivity index (χ2v) is 4.77. The van der Waals surface area contributed by atoms with Gasteiger partial charge in [-0.3, -0.25) is 0 Å². The zero-order chi connectivity index (χ0) is 11.6. The van der Waals surface area contributed by atoms with E-state index in [0.29, 0.717) is 0 Å². The smallest absolute Gasteiger partial charge is 0.341 e. The van der Waals surface area contributed by atoms with Gasteiger partial charge in [0.2, 0.25) is 5.96 Å². The summed E-state index contributed by atoms with van der Waals surface area (Å²) in [7, 11) is 0. The SMILES string of the molecule is CC(C)(C)C(C)(C)C(=O)ON=C(N)N. The molecule has 4 N–H and O–H groups in total. The Morgan fingerprint density at radius 3 is 1.86 bits per heavy atom. The van der Waals surface area contributed by atoms with Crippen LogP contribution in [0.3, 0.4) is 0 Å². The van der Waals surface area contributed by atoms with Crippen molar-refractivity contribution in [3.63, 3.8) is 0 Å². The predicted octanol–water partition coefficient (Wildman–Crippen LogP) is 0.790. The molecule has 5 nitrogen and oxygen atoms in total. The lowest BCUT2D eigenvalue weighted by atomic mass is 9.69. The first-order valence-electron chi connectivity index (χ1n) is 4.39. The Hall–Kier alpha value is -1.26. The fourth-order valence-electron chi connectivity index (χ4n) is 0.514. The Kier molecular flexibility index (Phi) is 3.51. The molecule has 0 saturated heterocycles. The summed E-state index contributed by atoms with van der Waals surface area (Å²) in [6.45, 7) is 9.42. The molecule has 0 amide bonds. The van der Waals surface area contributed by atoms with E-state index in [-0.39, 0.29) is 11.4 Å². The Labute approximate surface area is 84.5 Å². The minimum atomic E-state index is -0.647. The number of carbonyl (C=O) groups excluding carboxylic acids is 1. The van der Waals surface area contributed by atoms with Gasteiger partial charge in [-0.05, 0) is 24.4 Å². The lowest BCUT2D eigenvalue weighted by molar-refractivity contribution is -0.160.